The fourth-order valence-corrected chi connectivity index (χ4v) is 4.02. The van der Waals surface area contributed by atoms with Crippen LogP contribution in [0.25, 0.3) is 11.0 Å². The van der Waals surface area contributed by atoms with Crippen LogP contribution in [0.15, 0.2) is 39.2 Å². The lowest BCUT2D eigenvalue weighted by Gasteiger charge is -2.41. The van der Waals surface area contributed by atoms with Crippen molar-refractivity contribution in [3.05, 3.63) is 46.3 Å². The minimum absolute atomic E-state index is 0.134. The molecule has 0 radical (unpaired) electrons. The van der Waals surface area contributed by atoms with E-state index in [1.54, 1.807) is 32.1 Å². The molecule has 34 heavy (non-hydrogen) atoms. The van der Waals surface area contributed by atoms with Gasteiger partial charge in [-0.05, 0) is 32.4 Å². The van der Waals surface area contributed by atoms with Crippen molar-refractivity contribution in [1.29, 1.82) is 0 Å². The summed E-state index contributed by atoms with van der Waals surface area (Å²) >= 11 is 0. The number of hydrogen-bond acceptors (Lipinski definition) is 10. The van der Waals surface area contributed by atoms with Crippen LogP contribution in [0.4, 0.5) is 0 Å². The number of methoxy groups -OCH3 is 1. The number of aliphatic hydroxyl groups is 2. The number of hydrogen-bond donors (Lipinski definition) is 2. The van der Waals surface area contributed by atoms with Crippen LogP contribution >= 0.6 is 0 Å². The van der Waals surface area contributed by atoms with Gasteiger partial charge in [0, 0.05) is 12.7 Å². The maximum absolute atomic E-state index is 12.9. The molecule has 5 atom stereocenters. The predicted molar refractivity (Wildman–Crippen MR) is 125 cm³/mol. The summed E-state index contributed by atoms with van der Waals surface area (Å²) in [6, 6.07) is 3.32. The van der Waals surface area contributed by atoms with E-state index in [1.165, 1.54) is 14.2 Å². The minimum Gasteiger partial charge on any atom is -0.488 e. The van der Waals surface area contributed by atoms with Gasteiger partial charge in [-0.1, -0.05) is 24.7 Å². The molecule has 1 aliphatic heterocycles. The fraction of sp³-hybridized carbons (Fsp3) is 0.500. The number of aliphatic hydroxyl groups excluding tert-OH is 2. The van der Waals surface area contributed by atoms with E-state index in [4.69, 9.17) is 28.2 Å². The molecule has 10 heteroatoms. The first-order valence-corrected chi connectivity index (χ1v) is 10.9. The fourth-order valence-electron chi connectivity index (χ4n) is 4.02. The number of aryl methyl sites for hydroxylation is 1. The Morgan fingerprint density at radius 3 is 2.62 bits per heavy atom. The van der Waals surface area contributed by atoms with Gasteiger partial charge in [0.05, 0.1) is 17.2 Å². The molecule has 0 aliphatic carbocycles. The van der Waals surface area contributed by atoms with Crippen LogP contribution in [0.3, 0.4) is 0 Å². The van der Waals surface area contributed by atoms with Crippen molar-refractivity contribution in [1.82, 2.24) is 0 Å². The van der Waals surface area contributed by atoms with E-state index in [2.05, 4.69) is 11.7 Å². The highest BCUT2D eigenvalue weighted by molar-refractivity contribution is 6.05. The Morgan fingerprint density at radius 2 is 2.00 bits per heavy atom. The van der Waals surface area contributed by atoms with Gasteiger partial charge in [-0.25, -0.2) is 4.79 Å². The Labute approximate surface area is 197 Å². The molecule has 186 valence electrons. The molecule has 2 N–H and O–H groups in total. The summed E-state index contributed by atoms with van der Waals surface area (Å²) in [5.74, 6) is 0.583. The summed E-state index contributed by atoms with van der Waals surface area (Å²) in [4.78, 5) is 17.7. The molecule has 1 saturated heterocycles. The van der Waals surface area contributed by atoms with Crippen molar-refractivity contribution >= 4 is 16.7 Å². The highest BCUT2D eigenvalue weighted by Gasteiger charge is 2.45. The molecular formula is C24H31NO9. The van der Waals surface area contributed by atoms with Crippen LogP contribution in [0.2, 0.25) is 0 Å². The van der Waals surface area contributed by atoms with Gasteiger partial charge in [0.15, 0.2) is 0 Å². The topological polar surface area (TPSA) is 129 Å². The summed E-state index contributed by atoms with van der Waals surface area (Å²) in [5, 5.41) is 25.4. The highest BCUT2D eigenvalue weighted by Crippen LogP contribution is 2.36. The monoisotopic (exact) mass is 477 g/mol. The molecule has 2 heterocycles. The van der Waals surface area contributed by atoms with Crippen LogP contribution in [-0.4, -0.2) is 67.5 Å². The molecule has 0 amide bonds. The summed E-state index contributed by atoms with van der Waals surface area (Å²) in [7, 11) is 2.82. The maximum Gasteiger partial charge on any atom is 0.349 e. The highest BCUT2D eigenvalue weighted by atomic mass is 16.7. The Morgan fingerprint density at radius 1 is 1.26 bits per heavy atom. The summed E-state index contributed by atoms with van der Waals surface area (Å²) in [6.45, 7) is 9.00. The van der Waals surface area contributed by atoms with Crippen molar-refractivity contribution in [2.45, 2.75) is 57.9 Å². The standard InChI is InChI=1S/C24H31NO9/c1-7-11-31-21-14-9-10-16(12(3)20(14)34-23(28)17(21)13(4)25-30-6)33-24-19(27)18(26)22(29-5)15(8-2)32-24/h7,9-10,15,18-19,22,24,26-27H,1,8,11H2,2-6H3/b25-13+/t15-,18?,19?,22?,24?/m0/s1. The number of benzene rings is 1. The van der Waals surface area contributed by atoms with E-state index < -0.39 is 36.3 Å². The molecule has 0 bridgehead atoms. The van der Waals surface area contributed by atoms with Crippen LogP contribution < -0.4 is 15.1 Å². The van der Waals surface area contributed by atoms with Crippen LogP contribution in [0, 0.1) is 6.92 Å². The van der Waals surface area contributed by atoms with Crippen molar-refractivity contribution in [2.24, 2.45) is 5.16 Å². The van der Waals surface area contributed by atoms with Gasteiger partial charge in [-0.15, -0.1) is 0 Å². The van der Waals surface area contributed by atoms with Gasteiger partial charge in [0.1, 0.15) is 54.7 Å². The summed E-state index contributed by atoms with van der Waals surface area (Å²) in [5.41, 5.74) is 0.487. The predicted octanol–water partition coefficient (Wildman–Crippen LogP) is 2.29. The lowest BCUT2D eigenvalue weighted by Crippen LogP contribution is -2.59. The normalized spacial score (nSPS) is 25.3. The molecule has 3 rings (SSSR count). The van der Waals surface area contributed by atoms with E-state index in [1.807, 2.05) is 6.92 Å². The number of ether oxygens (including phenoxy) is 4. The summed E-state index contributed by atoms with van der Waals surface area (Å²) < 4.78 is 28.5. The number of oxime groups is 1. The third-order valence-electron chi connectivity index (χ3n) is 5.72. The van der Waals surface area contributed by atoms with Crippen molar-refractivity contribution in [3.8, 4) is 11.5 Å². The average molecular weight is 478 g/mol. The molecule has 4 unspecified atom stereocenters. The molecule has 10 nitrogen and oxygen atoms in total. The van der Waals surface area contributed by atoms with Gasteiger partial charge < -0.3 is 38.4 Å². The molecule has 1 aliphatic rings. The quantitative estimate of drug-likeness (QED) is 0.242. The maximum atomic E-state index is 12.9. The molecule has 1 aromatic heterocycles. The third kappa shape index (κ3) is 4.80. The smallest absolute Gasteiger partial charge is 0.349 e. The van der Waals surface area contributed by atoms with E-state index in [0.717, 1.165) is 0 Å². The van der Waals surface area contributed by atoms with Gasteiger partial charge in [0.25, 0.3) is 0 Å². The zero-order valence-electron chi connectivity index (χ0n) is 19.9. The first-order valence-electron chi connectivity index (χ1n) is 10.9. The number of rotatable bonds is 9. The van der Waals surface area contributed by atoms with Crippen molar-refractivity contribution in [3.63, 3.8) is 0 Å². The zero-order chi connectivity index (χ0) is 25.0. The Bertz CT molecular complexity index is 1110. The minimum atomic E-state index is -1.35. The second kappa shape index (κ2) is 11.0. The second-order valence-electron chi connectivity index (χ2n) is 7.87. The molecule has 0 spiro atoms. The van der Waals surface area contributed by atoms with Crippen molar-refractivity contribution < 1.29 is 38.4 Å². The molecule has 2 aromatic rings. The summed E-state index contributed by atoms with van der Waals surface area (Å²) in [6.07, 6.45) is -2.76. The lowest BCUT2D eigenvalue weighted by molar-refractivity contribution is -0.277. The van der Waals surface area contributed by atoms with E-state index in [-0.39, 0.29) is 23.5 Å². The van der Waals surface area contributed by atoms with Crippen LogP contribution in [0.5, 0.6) is 11.5 Å². The Balaban J connectivity index is 2.06. The Kier molecular flexibility index (Phi) is 8.32. The second-order valence-corrected chi connectivity index (χ2v) is 7.87. The molecule has 1 aromatic carbocycles. The largest absolute Gasteiger partial charge is 0.488 e. The first-order chi connectivity index (χ1) is 16.3. The van der Waals surface area contributed by atoms with Gasteiger partial charge >= 0.3 is 5.63 Å². The Hall–Kier alpha value is -2.92. The SMILES string of the molecule is C=CCOc1c(/C(C)=N/OC)c(=O)oc2c(C)c(OC3O[C@@H](CC)C(OC)C(O)C3O)ccc12. The molecule has 1 fully saturated rings. The number of nitrogens with zero attached hydrogens (tertiary/aromatic N) is 1. The zero-order valence-corrected chi connectivity index (χ0v) is 19.9. The van der Waals surface area contributed by atoms with E-state index >= 15 is 0 Å². The van der Waals surface area contributed by atoms with E-state index in [9.17, 15) is 15.0 Å². The van der Waals surface area contributed by atoms with E-state index in [0.29, 0.717) is 28.8 Å². The lowest BCUT2D eigenvalue weighted by atomic mass is 9.97. The first kappa shape index (κ1) is 25.7. The van der Waals surface area contributed by atoms with Gasteiger partial charge in [-0.3, -0.25) is 0 Å². The van der Waals surface area contributed by atoms with Gasteiger partial charge in [0.2, 0.25) is 6.29 Å². The molecule has 0 saturated carbocycles. The average Bonchev–Trinajstić information content (AvgIpc) is 2.82. The van der Waals surface area contributed by atoms with Crippen LogP contribution in [-0.2, 0) is 14.3 Å². The third-order valence-corrected chi connectivity index (χ3v) is 5.72. The molecular weight excluding hydrogens is 446 g/mol. The number of fused-ring (bicyclic) bond motifs is 1. The van der Waals surface area contributed by atoms with Crippen molar-refractivity contribution in [2.75, 3.05) is 20.8 Å². The van der Waals surface area contributed by atoms with Crippen LogP contribution in [0.1, 0.15) is 31.4 Å². The van der Waals surface area contributed by atoms with Gasteiger partial charge in [-0.2, -0.15) is 0 Å².